The SMILES string of the molecule is CC(C)(C)[S+]([O-])N=CC1CC1(F)F. The van der Waals surface area contributed by atoms with Gasteiger partial charge in [-0.25, -0.2) is 8.78 Å². The fourth-order valence-corrected chi connectivity index (χ4v) is 1.26. The summed E-state index contributed by atoms with van der Waals surface area (Å²) in [4.78, 5) is 0. The van der Waals surface area contributed by atoms with E-state index in [4.69, 9.17) is 0 Å². The fraction of sp³-hybridized carbons (Fsp3) is 0.875. The van der Waals surface area contributed by atoms with Gasteiger partial charge in [0.1, 0.15) is 16.1 Å². The second-order valence-electron chi connectivity index (χ2n) is 4.19. The number of alkyl halides is 2. The Labute approximate surface area is 79.7 Å². The summed E-state index contributed by atoms with van der Waals surface area (Å²) in [5.41, 5.74) is 0. The summed E-state index contributed by atoms with van der Waals surface area (Å²) in [5, 5.41) is 0. The minimum atomic E-state index is -2.61. The van der Waals surface area contributed by atoms with Crippen LogP contribution < -0.4 is 0 Å². The van der Waals surface area contributed by atoms with E-state index >= 15 is 0 Å². The number of halogens is 2. The Morgan fingerprint density at radius 1 is 1.54 bits per heavy atom. The van der Waals surface area contributed by atoms with Crippen molar-refractivity contribution in [1.82, 2.24) is 0 Å². The molecule has 0 aromatic heterocycles. The lowest BCUT2D eigenvalue weighted by atomic mass is 10.3. The Morgan fingerprint density at radius 2 is 2.00 bits per heavy atom. The van der Waals surface area contributed by atoms with Crippen molar-refractivity contribution in [3.05, 3.63) is 0 Å². The van der Waals surface area contributed by atoms with E-state index in [9.17, 15) is 13.3 Å². The topological polar surface area (TPSA) is 35.4 Å². The van der Waals surface area contributed by atoms with E-state index in [0.29, 0.717) is 0 Å². The van der Waals surface area contributed by atoms with Crippen molar-refractivity contribution >= 4 is 17.6 Å². The van der Waals surface area contributed by atoms with Crippen molar-refractivity contribution in [2.75, 3.05) is 0 Å². The predicted molar refractivity (Wildman–Crippen MR) is 49.4 cm³/mol. The minimum Gasteiger partial charge on any atom is -0.591 e. The Balaban J connectivity index is 2.42. The zero-order valence-electron chi connectivity index (χ0n) is 7.88. The van der Waals surface area contributed by atoms with Gasteiger partial charge in [0.25, 0.3) is 5.92 Å². The zero-order chi connectivity index (χ0) is 10.3. The van der Waals surface area contributed by atoms with Crippen LogP contribution in [0.2, 0.25) is 0 Å². The van der Waals surface area contributed by atoms with E-state index in [1.54, 1.807) is 20.8 Å². The molecule has 1 fully saturated rings. The van der Waals surface area contributed by atoms with Gasteiger partial charge in [-0.2, -0.15) is 0 Å². The molecule has 0 spiro atoms. The summed E-state index contributed by atoms with van der Waals surface area (Å²) in [7, 11) is 0. The predicted octanol–water partition coefficient (Wildman–Crippen LogP) is 2.17. The van der Waals surface area contributed by atoms with Gasteiger partial charge >= 0.3 is 0 Å². The van der Waals surface area contributed by atoms with E-state index in [2.05, 4.69) is 4.40 Å². The summed E-state index contributed by atoms with van der Waals surface area (Å²) < 4.78 is 39.1. The van der Waals surface area contributed by atoms with Crippen LogP contribution in [0.15, 0.2) is 4.40 Å². The van der Waals surface area contributed by atoms with Crippen molar-refractivity contribution < 1.29 is 13.3 Å². The van der Waals surface area contributed by atoms with Gasteiger partial charge in [-0.15, -0.1) is 0 Å². The molecule has 13 heavy (non-hydrogen) atoms. The number of nitrogens with zero attached hydrogens (tertiary/aromatic N) is 1. The maximum atomic E-state index is 12.4. The lowest BCUT2D eigenvalue weighted by molar-refractivity contribution is 0.111. The zero-order valence-corrected chi connectivity index (χ0v) is 8.70. The largest absolute Gasteiger partial charge is 0.591 e. The molecular formula is C8H13F2NOS. The summed E-state index contributed by atoms with van der Waals surface area (Å²) in [6, 6.07) is 0. The molecule has 1 aliphatic carbocycles. The molecule has 0 aromatic rings. The highest BCUT2D eigenvalue weighted by atomic mass is 32.2. The van der Waals surface area contributed by atoms with E-state index in [0.717, 1.165) is 6.21 Å². The molecule has 76 valence electrons. The molecular weight excluding hydrogens is 196 g/mol. The third-order valence-corrected chi connectivity index (χ3v) is 3.10. The number of rotatable bonds is 2. The van der Waals surface area contributed by atoms with E-state index in [1.807, 2.05) is 0 Å². The molecule has 0 amide bonds. The molecule has 2 atom stereocenters. The molecule has 2 nitrogen and oxygen atoms in total. The van der Waals surface area contributed by atoms with Gasteiger partial charge in [0.05, 0.1) is 12.1 Å². The summed E-state index contributed by atoms with van der Waals surface area (Å²) in [5.74, 6) is -3.40. The highest BCUT2D eigenvalue weighted by Crippen LogP contribution is 2.47. The second-order valence-corrected chi connectivity index (χ2v) is 6.12. The van der Waals surface area contributed by atoms with E-state index in [1.165, 1.54) is 0 Å². The van der Waals surface area contributed by atoms with Crippen molar-refractivity contribution in [3.63, 3.8) is 0 Å². The minimum absolute atomic E-state index is 0.155. The monoisotopic (exact) mass is 209 g/mol. The molecule has 0 saturated heterocycles. The first-order valence-electron chi connectivity index (χ1n) is 4.07. The second kappa shape index (κ2) is 3.20. The van der Waals surface area contributed by atoms with Crippen LogP contribution in [0.3, 0.4) is 0 Å². The first kappa shape index (κ1) is 10.9. The molecule has 0 aliphatic heterocycles. The Kier molecular flexibility index (Phi) is 2.69. The maximum absolute atomic E-state index is 12.4. The van der Waals surface area contributed by atoms with Gasteiger partial charge in [0.2, 0.25) is 0 Å². The average molecular weight is 209 g/mol. The van der Waals surface area contributed by atoms with Gasteiger partial charge in [-0.05, 0) is 20.8 Å². The standard InChI is InChI=1S/C8H13F2NOS/c1-7(2,3)13(12)11-5-6-4-8(6,9)10/h5-6H,4H2,1-3H3. The Hall–Kier alpha value is -0.160. The summed E-state index contributed by atoms with van der Waals surface area (Å²) >= 11 is -1.42. The molecule has 0 radical (unpaired) electrons. The average Bonchev–Trinajstić information content (AvgIpc) is 2.52. The van der Waals surface area contributed by atoms with Gasteiger partial charge in [-0.3, -0.25) is 0 Å². The van der Waals surface area contributed by atoms with Crippen molar-refractivity contribution in [2.24, 2.45) is 10.3 Å². The molecule has 1 aliphatic rings. The quantitative estimate of drug-likeness (QED) is 0.507. The van der Waals surface area contributed by atoms with Crippen LogP contribution >= 0.6 is 0 Å². The van der Waals surface area contributed by atoms with Crippen LogP contribution in [0.1, 0.15) is 27.2 Å². The van der Waals surface area contributed by atoms with Crippen molar-refractivity contribution in [1.29, 1.82) is 0 Å². The van der Waals surface area contributed by atoms with Gasteiger partial charge in [0, 0.05) is 6.42 Å². The van der Waals surface area contributed by atoms with E-state index < -0.39 is 27.9 Å². The Bertz CT molecular complexity index is 225. The lowest BCUT2D eigenvalue weighted by Gasteiger charge is -2.17. The number of hydrogen-bond acceptors (Lipinski definition) is 2. The molecule has 0 aromatic carbocycles. The van der Waals surface area contributed by atoms with Crippen molar-refractivity contribution in [3.8, 4) is 0 Å². The molecule has 1 rings (SSSR count). The van der Waals surface area contributed by atoms with Gasteiger partial charge < -0.3 is 4.55 Å². The maximum Gasteiger partial charge on any atom is 0.257 e. The molecule has 2 unspecified atom stereocenters. The third-order valence-electron chi connectivity index (χ3n) is 1.73. The molecule has 5 heteroatoms. The normalized spacial score (nSPS) is 29.2. The van der Waals surface area contributed by atoms with Crippen LogP contribution in [0.5, 0.6) is 0 Å². The molecule has 1 saturated carbocycles. The van der Waals surface area contributed by atoms with E-state index in [-0.39, 0.29) is 6.42 Å². The van der Waals surface area contributed by atoms with Gasteiger partial charge in [0.15, 0.2) is 0 Å². The molecule has 0 heterocycles. The summed E-state index contributed by atoms with van der Waals surface area (Å²) in [6.07, 6.45) is 0.971. The van der Waals surface area contributed by atoms with Crippen LogP contribution in [0, 0.1) is 5.92 Å². The van der Waals surface area contributed by atoms with Crippen molar-refractivity contribution in [2.45, 2.75) is 37.9 Å². The lowest BCUT2D eigenvalue weighted by Crippen LogP contribution is -2.26. The fourth-order valence-electron chi connectivity index (χ4n) is 0.683. The smallest absolute Gasteiger partial charge is 0.257 e. The first-order chi connectivity index (χ1) is 5.73. The van der Waals surface area contributed by atoms with Crippen LogP contribution in [0.25, 0.3) is 0 Å². The van der Waals surface area contributed by atoms with Gasteiger partial charge in [-0.1, -0.05) is 4.40 Å². The summed E-state index contributed by atoms with van der Waals surface area (Å²) in [6.45, 7) is 5.27. The van der Waals surface area contributed by atoms with Crippen LogP contribution in [-0.2, 0) is 11.4 Å². The van der Waals surface area contributed by atoms with Crippen LogP contribution in [-0.4, -0.2) is 21.4 Å². The highest BCUT2D eigenvalue weighted by Gasteiger charge is 2.56. The third kappa shape index (κ3) is 2.91. The first-order valence-corrected chi connectivity index (χ1v) is 5.18. The highest BCUT2D eigenvalue weighted by molar-refractivity contribution is 7.91. The molecule has 0 bridgehead atoms. The Morgan fingerprint density at radius 3 is 2.31 bits per heavy atom. The molecule has 0 N–H and O–H groups in total. The number of hydrogen-bond donors (Lipinski definition) is 0. The van der Waals surface area contributed by atoms with Crippen LogP contribution in [0.4, 0.5) is 8.78 Å².